The minimum atomic E-state index is -1.24. The monoisotopic (exact) mass is 261 g/mol. The van der Waals surface area contributed by atoms with Gasteiger partial charge in [0.1, 0.15) is 0 Å². The van der Waals surface area contributed by atoms with Crippen molar-refractivity contribution in [3.05, 3.63) is 39.4 Å². The normalized spacial score (nSPS) is 12.4. The molecule has 0 bridgehead atoms. The molecule has 0 heterocycles. The van der Waals surface area contributed by atoms with Crippen LogP contribution >= 0.6 is 0 Å². The summed E-state index contributed by atoms with van der Waals surface area (Å²) in [6.45, 7) is 0.0325. The zero-order valence-corrected chi connectivity index (χ0v) is 9.73. The summed E-state index contributed by atoms with van der Waals surface area (Å²) in [5.74, 6) is -2.38. The molecule has 0 saturated carbocycles. The number of methoxy groups -OCH3 is 1. The van der Waals surface area contributed by atoms with Gasteiger partial charge in [0.2, 0.25) is 0 Å². The van der Waals surface area contributed by atoms with Crippen LogP contribution < -0.4 is 0 Å². The lowest BCUT2D eigenvalue weighted by Crippen LogP contribution is -2.15. The molecular weight excluding hydrogens is 248 g/mol. The minimum absolute atomic E-state index is 0.0325. The van der Waals surface area contributed by atoms with Gasteiger partial charge in [-0.05, 0) is 18.9 Å². The number of aliphatic hydroxyl groups excluding tert-OH is 1. The third kappa shape index (κ3) is 3.44. The van der Waals surface area contributed by atoms with Crippen molar-refractivity contribution in [1.82, 2.24) is 0 Å². The summed E-state index contributed by atoms with van der Waals surface area (Å²) in [5, 5.41) is 20.1. The van der Waals surface area contributed by atoms with Crippen molar-refractivity contribution in [2.75, 3.05) is 13.7 Å². The molecule has 0 aromatic heterocycles. The number of nitro benzene ring substituents is 1. The van der Waals surface area contributed by atoms with Crippen molar-refractivity contribution < 1.29 is 23.5 Å². The minimum Gasteiger partial charge on any atom is -0.391 e. The smallest absolute Gasteiger partial charge is 0.275 e. The van der Waals surface area contributed by atoms with Crippen molar-refractivity contribution in [3.8, 4) is 0 Å². The average molecular weight is 261 g/mol. The van der Waals surface area contributed by atoms with Crippen LogP contribution in [0, 0.1) is 21.7 Å². The van der Waals surface area contributed by atoms with Gasteiger partial charge in [-0.3, -0.25) is 10.1 Å². The second-order valence-electron chi connectivity index (χ2n) is 3.76. The summed E-state index contributed by atoms with van der Waals surface area (Å²) in [7, 11) is 1.38. The SMILES string of the molecule is COCC(O)CCc1c([N+](=O)[O-])ccc(F)c1F. The molecule has 0 amide bonds. The Kier molecular flexibility index (Phi) is 5.11. The number of nitro groups is 1. The lowest BCUT2D eigenvalue weighted by atomic mass is 10.0. The Labute approximate surface area is 102 Å². The Morgan fingerprint density at radius 2 is 2.17 bits per heavy atom. The van der Waals surface area contributed by atoms with Gasteiger partial charge >= 0.3 is 0 Å². The zero-order valence-electron chi connectivity index (χ0n) is 9.73. The molecule has 0 radical (unpaired) electrons. The van der Waals surface area contributed by atoms with Crippen LogP contribution in [0.2, 0.25) is 0 Å². The molecule has 1 aromatic carbocycles. The number of nitrogens with zero attached hydrogens (tertiary/aromatic N) is 1. The molecule has 100 valence electrons. The van der Waals surface area contributed by atoms with Gasteiger partial charge in [-0.15, -0.1) is 0 Å². The number of rotatable bonds is 6. The maximum absolute atomic E-state index is 13.5. The summed E-state index contributed by atoms with van der Waals surface area (Å²) in [6.07, 6.45) is -0.961. The lowest BCUT2D eigenvalue weighted by Gasteiger charge is -2.10. The molecule has 0 aliphatic carbocycles. The van der Waals surface area contributed by atoms with Crippen LogP contribution in [-0.2, 0) is 11.2 Å². The Bertz CT molecular complexity index is 439. The standard InChI is InChI=1S/C11H13F2NO4/c1-18-6-7(15)2-3-8-10(14(16)17)5-4-9(12)11(8)13/h4-5,7,15H,2-3,6H2,1H3. The highest BCUT2D eigenvalue weighted by Crippen LogP contribution is 2.25. The first-order valence-electron chi connectivity index (χ1n) is 5.25. The third-order valence-corrected chi connectivity index (χ3v) is 2.45. The Hall–Kier alpha value is -1.60. The molecule has 1 unspecified atom stereocenters. The van der Waals surface area contributed by atoms with Gasteiger partial charge in [0.25, 0.3) is 5.69 Å². The van der Waals surface area contributed by atoms with Crippen LogP contribution in [0.5, 0.6) is 0 Å². The number of halogens is 2. The summed E-state index contributed by atoms with van der Waals surface area (Å²) >= 11 is 0. The van der Waals surface area contributed by atoms with Crippen molar-refractivity contribution >= 4 is 5.69 Å². The summed E-state index contributed by atoms with van der Waals surface area (Å²) in [4.78, 5) is 9.91. The lowest BCUT2D eigenvalue weighted by molar-refractivity contribution is -0.385. The largest absolute Gasteiger partial charge is 0.391 e. The first-order chi connectivity index (χ1) is 8.47. The van der Waals surface area contributed by atoms with E-state index in [-0.39, 0.29) is 25.0 Å². The molecule has 0 saturated heterocycles. The van der Waals surface area contributed by atoms with Gasteiger partial charge in [-0.25, -0.2) is 8.78 Å². The highest BCUT2D eigenvalue weighted by molar-refractivity contribution is 5.41. The topological polar surface area (TPSA) is 72.6 Å². The molecular formula is C11H13F2NO4. The van der Waals surface area contributed by atoms with E-state index in [9.17, 15) is 24.0 Å². The predicted octanol–water partition coefficient (Wildman–Crippen LogP) is 1.81. The summed E-state index contributed by atoms with van der Waals surface area (Å²) in [5.41, 5.74) is -0.825. The van der Waals surface area contributed by atoms with E-state index in [0.29, 0.717) is 6.07 Å². The van der Waals surface area contributed by atoms with E-state index in [0.717, 1.165) is 6.07 Å². The second kappa shape index (κ2) is 6.36. The van der Waals surface area contributed by atoms with Crippen molar-refractivity contribution in [2.45, 2.75) is 18.9 Å². The van der Waals surface area contributed by atoms with Gasteiger partial charge in [0.05, 0.1) is 23.2 Å². The van der Waals surface area contributed by atoms with E-state index in [4.69, 9.17) is 0 Å². The number of benzene rings is 1. The quantitative estimate of drug-likeness (QED) is 0.626. The number of ether oxygens (including phenoxy) is 1. The molecule has 0 fully saturated rings. The molecule has 7 heteroatoms. The van der Waals surface area contributed by atoms with E-state index in [2.05, 4.69) is 4.74 Å². The maximum Gasteiger partial charge on any atom is 0.275 e. The van der Waals surface area contributed by atoms with Gasteiger partial charge in [-0.2, -0.15) is 0 Å². The van der Waals surface area contributed by atoms with Crippen LogP contribution in [0.1, 0.15) is 12.0 Å². The molecule has 0 aliphatic heterocycles. The predicted molar refractivity (Wildman–Crippen MR) is 59.2 cm³/mol. The van der Waals surface area contributed by atoms with Gasteiger partial charge < -0.3 is 9.84 Å². The van der Waals surface area contributed by atoms with E-state index < -0.39 is 28.3 Å². The van der Waals surface area contributed by atoms with E-state index in [1.165, 1.54) is 7.11 Å². The second-order valence-corrected chi connectivity index (χ2v) is 3.76. The van der Waals surface area contributed by atoms with Crippen molar-refractivity contribution in [1.29, 1.82) is 0 Å². The van der Waals surface area contributed by atoms with Gasteiger partial charge in [0, 0.05) is 13.2 Å². The first-order valence-corrected chi connectivity index (χ1v) is 5.25. The van der Waals surface area contributed by atoms with Crippen LogP contribution in [0.3, 0.4) is 0 Å². The molecule has 0 aliphatic rings. The van der Waals surface area contributed by atoms with Crippen LogP contribution in [0.15, 0.2) is 12.1 Å². The third-order valence-electron chi connectivity index (χ3n) is 2.45. The van der Waals surface area contributed by atoms with Crippen LogP contribution in [0.25, 0.3) is 0 Å². The van der Waals surface area contributed by atoms with E-state index >= 15 is 0 Å². The molecule has 1 rings (SSSR count). The van der Waals surface area contributed by atoms with Gasteiger partial charge in [0.15, 0.2) is 11.6 Å². The highest BCUT2D eigenvalue weighted by Gasteiger charge is 2.21. The molecule has 18 heavy (non-hydrogen) atoms. The van der Waals surface area contributed by atoms with E-state index in [1.54, 1.807) is 0 Å². The number of hydrogen-bond donors (Lipinski definition) is 1. The summed E-state index contributed by atoms with van der Waals surface area (Å²) in [6, 6.07) is 1.62. The first kappa shape index (κ1) is 14.5. The fourth-order valence-electron chi connectivity index (χ4n) is 1.58. The van der Waals surface area contributed by atoms with Gasteiger partial charge in [-0.1, -0.05) is 0 Å². The van der Waals surface area contributed by atoms with Crippen LogP contribution in [0.4, 0.5) is 14.5 Å². The molecule has 5 nitrogen and oxygen atoms in total. The Balaban J connectivity index is 2.92. The van der Waals surface area contributed by atoms with Crippen LogP contribution in [-0.4, -0.2) is 29.9 Å². The molecule has 1 atom stereocenters. The number of hydrogen-bond acceptors (Lipinski definition) is 4. The summed E-state index contributed by atoms with van der Waals surface area (Å²) < 4.78 is 31.1. The Morgan fingerprint density at radius 1 is 1.50 bits per heavy atom. The zero-order chi connectivity index (χ0) is 13.7. The van der Waals surface area contributed by atoms with Crippen molar-refractivity contribution in [2.24, 2.45) is 0 Å². The molecule has 1 aromatic rings. The Morgan fingerprint density at radius 3 is 2.72 bits per heavy atom. The highest BCUT2D eigenvalue weighted by atomic mass is 19.2. The number of aliphatic hydroxyl groups is 1. The molecule has 0 spiro atoms. The maximum atomic E-state index is 13.5. The fraction of sp³-hybridized carbons (Fsp3) is 0.455. The molecule has 1 N–H and O–H groups in total. The van der Waals surface area contributed by atoms with Crippen molar-refractivity contribution in [3.63, 3.8) is 0 Å². The fourth-order valence-corrected chi connectivity index (χ4v) is 1.58. The average Bonchev–Trinajstić information content (AvgIpc) is 2.31. The van der Waals surface area contributed by atoms with E-state index in [1.807, 2.05) is 0 Å².